The zero-order valence-corrected chi connectivity index (χ0v) is 17.2. The summed E-state index contributed by atoms with van der Waals surface area (Å²) in [7, 11) is 3.40. The van der Waals surface area contributed by atoms with Gasteiger partial charge in [-0.05, 0) is 72.9 Å². The molecular formula is C24H34O3. The lowest BCUT2D eigenvalue weighted by atomic mass is 10.0. The fourth-order valence-corrected chi connectivity index (χ4v) is 3.05. The quantitative estimate of drug-likeness (QED) is 0.490. The summed E-state index contributed by atoms with van der Waals surface area (Å²) in [6, 6.07) is 16.7. The molecule has 3 nitrogen and oxygen atoms in total. The van der Waals surface area contributed by atoms with E-state index in [9.17, 15) is 0 Å². The molecule has 0 amide bonds. The second kappa shape index (κ2) is 11.7. The molecule has 2 rings (SSSR count). The van der Waals surface area contributed by atoms with E-state index < -0.39 is 0 Å². The Kier molecular flexibility index (Phi) is 9.20. The van der Waals surface area contributed by atoms with E-state index in [1.54, 1.807) is 14.2 Å². The fourth-order valence-electron chi connectivity index (χ4n) is 3.05. The van der Waals surface area contributed by atoms with Gasteiger partial charge in [-0.2, -0.15) is 0 Å². The Bertz CT molecular complexity index is 576. The van der Waals surface area contributed by atoms with Gasteiger partial charge in [-0.3, -0.25) is 0 Å². The minimum Gasteiger partial charge on any atom is -0.497 e. The van der Waals surface area contributed by atoms with Gasteiger partial charge in [0.05, 0.1) is 14.2 Å². The van der Waals surface area contributed by atoms with E-state index >= 15 is 0 Å². The van der Waals surface area contributed by atoms with E-state index in [-0.39, 0.29) is 0 Å². The monoisotopic (exact) mass is 370 g/mol. The van der Waals surface area contributed by atoms with E-state index in [0.717, 1.165) is 50.4 Å². The van der Waals surface area contributed by atoms with Crippen molar-refractivity contribution in [3.05, 3.63) is 59.7 Å². The third-order valence-electron chi connectivity index (χ3n) is 4.97. The van der Waals surface area contributed by atoms with Crippen LogP contribution >= 0.6 is 0 Å². The Labute approximate surface area is 164 Å². The molecule has 148 valence electrons. The molecule has 0 fully saturated rings. The zero-order chi connectivity index (χ0) is 19.5. The van der Waals surface area contributed by atoms with E-state index in [2.05, 4.69) is 38.1 Å². The van der Waals surface area contributed by atoms with Gasteiger partial charge in [0.25, 0.3) is 0 Å². The lowest BCUT2D eigenvalue weighted by Crippen LogP contribution is -2.13. The van der Waals surface area contributed by atoms with Crippen molar-refractivity contribution >= 4 is 0 Å². The molecule has 0 heterocycles. The van der Waals surface area contributed by atoms with Gasteiger partial charge in [0.2, 0.25) is 0 Å². The van der Waals surface area contributed by atoms with Crippen LogP contribution in [0.1, 0.15) is 37.8 Å². The Hall–Kier alpha value is -2.00. The highest BCUT2D eigenvalue weighted by Gasteiger charge is 2.07. The summed E-state index contributed by atoms with van der Waals surface area (Å²) in [5, 5.41) is 0. The van der Waals surface area contributed by atoms with Crippen molar-refractivity contribution in [3.8, 4) is 11.5 Å². The van der Waals surface area contributed by atoms with Gasteiger partial charge < -0.3 is 14.2 Å². The van der Waals surface area contributed by atoms with Crippen LogP contribution in [0, 0.1) is 11.8 Å². The predicted octanol–water partition coefficient (Wildman–Crippen LogP) is 5.56. The first-order valence-electron chi connectivity index (χ1n) is 9.94. The molecule has 0 spiro atoms. The lowest BCUT2D eigenvalue weighted by Gasteiger charge is -2.16. The van der Waals surface area contributed by atoms with Gasteiger partial charge in [-0.25, -0.2) is 0 Å². The number of aryl methyl sites for hydroxylation is 2. The van der Waals surface area contributed by atoms with Crippen molar-refractivity contribution in [1.82, 2.24) is 0 Å². The molecule has 2 aromatic rings. The van der Waals surface area contributed by atoms with Gasteiger partial charge >= 0.3 is 0 Å². The van der Waals surface area contributed by atoms with Crippen molar-refractivity contribution in [2.24, 2.45) is 11.8 Å². The Morgan fingerprint density at radius 3 is 1.33 bits per heavy atom. The molecule has 0 saturated carbocycles. The van der Waals surface area contributed by atoms with Crippen molar-refractivity contribution in [2.75, 3.05) is 27.4 Å². The van der Waals surface area contributed by atoms with Crippen LogP contribution in [0.4, 0.5) is 0 Å². The highest BCUT2D eigenvalue weighted by atomic mass is 16.5. The van der Waals surface area contributed by atoms with Crippen LogP contribution in [-0.4, -0.2) is 27.4 Å². The SMILES string of the molecule is COc1ccc(CCC(C)COCC(C)CCc2ccc(OC)cc2)cc1. The normalized spacial score (nSPS) is 13.2. The fraction of sp³-hybridized carbons (Fsp3) is 0.500. The molecule has 27 heavy (non-hydrogen) atoms. The summed E-state index contributed by atoms with van der Waals surface area (Å²) in [5.74, 6) is 2.97. The lowest BCUT2D eigenvalue weighted by molar-refractivity contribution is 0.0757. The third kappa shape index (κ3) is 8.04. The molecule has 0 aliphatic carbocycles. The molecule has 0 N–H and O–H groups in total. The first-order valence-corrected chi connectivity index (χ1v) is 9.94. The first kappa shape index (κ1) is 21.3. The first-order chi connectivity index (χ1) is 13.1. The largest absolute Gasteiger partial charge is 0.497 e. The minimum absolute atomic E-state index is 0.570. The molecular weight excluding hydrogens is 336 g/mol. The maximum absolute atomic E-state index is 5.97. The van der Waals surface area contributed by atoms with Crippen LogP contribution < -0.4 is 9.47 Å². The van der Waals surface area contributed by atoms with E-state index in [0.29, 0.717) is 11.8 Å². The van der Waals surface area contributed by atoms with Crippen LogP contribution in [-0.2, 0) is 17.6 Å². The second-order valence-electron chi connectivity index (χ2n) is 7.52. The summed E-state index contributed by atoms with van der Waals surface area (Å²) < 4.78 is 16.4. The van der Waals surface area contributed by atoms with E-state index in [4.69, 9.17) is 14.2 Å². The number of methoxy groups -OCH3 is 2. The molecule has 0 aliphatic heterocycles. The van der Waals surface area contributed by atoms with Crippen LogP contribution in [0.15, 0.2) is 48.5 Å². The van der Waals surface area contributed by atoms with Crippen LogP contribution in [0.5, 0.6) is 11.5 Å². The summed E-state index contributed by atoms with van der Waals surface area (Å²) in [5.41, 5.74) is 2.71. The minimum atomic E-state index is 0.570. The van der Waals surface area contributed by atoms with E-state index in [1.165, 1.54) is 11.1 Å². The number of hydrogen-bond donors (Lipinski definition) is 0. The maximum atomic E-state index is 5.97. The smallest absolute Gasteiger partial charge is 0.118 e. The number of rotatable bonds is 12. The molecule has 0 aliphatic rings. The Morgan fingerprint density at radius 2 is 1.00 bits per heavy atom. The highest BCUT2D eigenvalue weighted by Crippen LogP contribution is 2.17. The van der Waals surface area contributed by atoms with Gasteiger partial charge in [-0.1, -0.05) is 38.1 Å². The molecule has 3 heteroatoms. The zero-order valence-electron chi connectivity index (χ0n) is 17.2. The summed E-state index contributed by atoms with van der Waals surface area (Å²) >= 11 is 0. The molecule has 2 unspecified atom stereocenters. The number of ether oxygens (including phenoxy) is 3. The van der Waals surface area contributed by atoms with Crippen molar-refractivity contribution in [2.45, 2.75) is 39.5 Å². The van der Waals surface area contributed by atoms with Crippen molar-refractivity contribution in [3.63, 3.8) is 0 Å². The topological polar surface area (TPSA) is 27.7 Å². The highest BCUT2D eigenvalue weighted by molar-refractivity contribution is 5.27. The molecule has 2 aromatic carbocycles. The average molecular weight is 371 g/mol. The van der Waals surface area contributed by atoms with Crippen LogP contribution in [0.3, 0.4) is 0 Å². The Balaban J connectivity index is 1.58. The summed E-state index contributed by atoms with van der Waals surface area (Å²) in [4.78, 5) is 0. The maximum Gasteiger partial charge on any atom is 0.118 e. The van der Waals surface area contributed by atoms with Crippen LogP contribution in [0.25, 0.3) is 0 Å². The number of hydrogen-bond acceptors (Lipinski definition) is 3. The summed E-state index contributed by atoms with van der Waals surface area (Å²) in [6.07, 6.45) is 4.46. The predicted molar refractivity (Wildman–Crippen MR) is 112 cm³/mol. The van der Waals surface area contributed by atoms with Gasteiger partial charge in [0.1, 0.15) is 11.5 Å². The van der Waals surface area contributed by atoms with Crippen molar-refractivity contribution in [1.29, 1.82) is 0 Å². The molecule has 0 bridgehead atoms. The van der Waals surface area contributed by atoms with Crippen molar-refractivity contribution < 1.29 is 14.2 Å². The van der Waals surface area contributed by atoms with E-state index in [1.807, 2.05) is 24.3 Å². The molecule has 0 saturated heterocycles. The van der Waals surface area contributed by atoms with Gasteiger partial charge in [0, 0.05) is 13.2 Å². The van der Waals surface area contributed by atoms with Gasteiger partial charge in [0.15, 0.2) is 0 Å². The molecule has 2 atom stereocenters. The van der Waals surface area contributed by atoms with Gasteiger partial charge in [-0.15, -0.1) is 0 Å². The summed E-state index contributed by atoms with van der Waals surface area (Å²) in [6.45, 7) is 6.21. The molecule has 0 radical (unpaired) electrons. The van der Waals surface area contributed by atoms with Crippen LogP contribution in [0.2, 0.25) is 0 Å². The average Bonchev–Trinajstić information content (AvgIpc) is 2.71. The third-order valence-corrected chi connectivity index (χ3v) is 4.97. The second-order valence-corrected chi connectivity index (χ2v) is 7.52. The Morgan fingerprint density at radius 1 is 0.630 bits per heavy atom. The molecule has 0 aromatic heterocycles. The number of benzene rings is 2. The standard InChI is InChI=1S/C24H34O3/c1-19(5-7-21-9-13-23(25-3)14-10-21)17-27-18-20(2)6-8-22-11-15-24(26-4)16-12-22/h9-16,19-20H,5-8,17-18H2,1-4H3.